The first-order chi connectivity index (χ1) is 12.7. The molecule has 0 bridgehead atoms. The molecular weight excluding hydrogens is 360 g/mol. The highest BCUT2D eigenvalue weighted by atomic mass is 19.1. The van der Waals surface area contributed by atoms with Gasteiger partial charge in [0, 0.05) is 20.2 Å². The minimum atomic E-state index is -0.729. The number of likely N-dealkylation sites (N-methyl/N-ethyl adjacent to an activating group) is 2. The van der Waals surface area contributed by atoms with Crippen LogP contribution in [0.3, 0.4) is 0 Å². The minimum Gasteiger partial charge on any atom is -0.312 e. The highest BCUT2D eigenvalue weighted by Crippen LogP contribution is 2.33. The van der Waals surface area contributed by atoms with Crippen LogP contribution in [-0.2, 0) is 22.4 Å². The Morgan fingerprint density at radius 2 is 1.48 bits per heavy atom. The molecule has 7 nitrogen and oxygen atoms in total. The zero-order valence-corrected chi connectivity index (χ0v) is 14.5. The number of carbonyl (C=O) groups excluding carboxylic acids is 2. The maximum absolute atomic E-state index is 13.4. The summed E-state index contributed by atoms with van der Waals surface area (Å²) in [6.45, 7) is 0. The molecule has 0 aromatic heterocycles. The number of nitro groups is 1. The van der Waals surface area contributed by atoms with E-state index >= 15 is 0 Å². The summed E-state index contributed by atoms with van der Waals surface area (Å²) in [5, 5.41) is 10.5. The lowest BCUT2D eigenvalue weighted by Crippen LogP contribution is -2.21. The average Bonchev–Trinajstić information content (AvgIpc) is 3.05. The molecule has 0 spiro atoms. The Hall–Kier alpha value is -3.36. The van der Waals surface area contributed by atoms with E-state index in [4.69, 9.17) is 0 Å². The Balaban J connectivity index is 0.000000159. The van der Waals surface area contributed by atoms with Crippen molar-refractivity contribution in [2.24, 2.45) is 0 Å². The van der Waals surface area contributed by atoms with E-state index in [1.54, 1.807) is 19.2 Å². The van der Waals surface area contributed by atoms with Crippen molar-refractivity contribution in [3.63, 3.8) is 0 Å². The molecule has 27 heavy (non-hydrogen) atoms. The molecule has 0 radical (unpaired) electrons. The fourth-order valence-electron chi connectivity index (χ4n) is 3.15. The number of hydrogen-bond acceptors (Lipinski definition) is 4. The number of rotatable bonds is 1. The van der Waals surface area contributed by atoms with E-state index in [9.17, 15) is 28.5 Å². The smallest absolute Gasteiger partial charge is 0.272 e. The number of amides is 2. The number of benzene rings is 2. The normalized spacial score (nSPS) is 14.7. The van der Waals surface area contributed by atoms with Gasteiger partial charge in [0.25, 0.3) is 5.69 Å². The third-order valence-electron chi connectivity index (χ3n) is 4.51. The lowest BCUT2D eigenvalue weighted by Gasteiger charge is -2.10. The van der Waals surface area contributed by atoms with Crippen LogP contribution in [0.1, 0.15) is 11.1 Å². The van der Waals surface area contributed by atoms with Gasteiger partial charge in [-0.3, -0.25) is 19.7 Å². The standard InChI is InChI=1S/C9H7FN2O3.C9H8FNO/c1-11-8(13)3-5-2-6(12(14)15)4-7(10)9(5)11;1-11-8(12)5-6-3-2-4-7(10)9(6)11/h2,4H,3H2,1H3;2-4H,5H2,1H3. The topological polar surface area (TPSA) is 83.8 Å². The molecule has 2 heterocycles. The number of para-hydroxylation sites is 1. The van der Waals surface area contributed by atoms with E-state index in [0.29, 0.717) is 17.7 Å². The first kappa shape index (κ1) is 18.4. The first-order valence-electron chi connectivity index (χ1n) is 7.98. The predicted molar refractivity (Wildman–Crippen MR) is 93.7 cm³/mol. The number of anilines is 2. The lowest BCUT2D eigenvalue weighted by molar-refractivity contribution is -0.385. The largest absolute Gasteiger partial charge is 0.312 e. The number of nitrogens with zero attached hydrogens (tertiary/aromatic N) is 3. The van der Waals surface area contributed by atoms with E-state index in [-0.39, 0.29) is 35.4 Å². The van der Waals surface area contributed by atoms with Crippen molar-refractivity contribution in [3.05, 3.63) is 63.2 Å². The van der Waals surface area contributed by atoms with Crippen LogP contribution in [0.4, 0.5) is 25.8 Å². The SMILES string of the molecule is CN1C(=O)Cc2cc([N+](=O)[O-])cc(F)c21.CN1C(=O)Cc2cccc(F)c21. The second-order valence-corrected chi connectivity index (χ2v) is 6.20. The van der Waals surface area contributed by atoms with Crippen LogP contribution in [0.15, 0.2) is 30.3 Å². The third kappa shape index (κ3) is 3.23. The van der Waals surface area contributed by atoms with Crippen molar-refractivity contribution < 1.29 is 23.3 Å². The Bertz CT molecular complexity index is 977. The Labute approximate surface area is 152 Å². The van der Waals surface area contributed by atoms with Crippen LogP contribution in [0.5, 0.6) is 0 Å². The van der Waals surface area contributed by atoms with Crippen molar-refractivity contribution in [2.45, 2.75) is 12.8 Å². The van der Waals surface area contributed by atoms with Gasteiger partial charge in [-0.15, -0.1) is 0 Å². The summed E-state index contributed by atoms with van der Waals surface area (Å²) in [4.78, 5) is 34.7. The first-order valence-corrected chi connectivity index (χ1v) is 7.98. The molecule has 0 unspecified atom stereocenters. The summed E-state index contributed by atoms with van der Waals surface area (Å²) in [7, 11) is 3.04. The fraction of sp³-hybridized carbons (Fsp3) is 0.222. The second-order valence-electron chi connectivity index (χ2n) is 6.20. The zero-order chi connectivity index (χ0) is 19.9. The maximum atomic E-state index is 13.4. The van der Waals surface area contributed by atoms with E-state index < -0.39 is 10.7 Å². The van der Waals surface area contributed by atoms with Crippen LogP contribution in [-0.4, -0.2) is 30.8 Å². The summed E-state index contributed by atoms with van der Waals surface area (Å²) in [5.74, 6) is -1.35. The molecule has 0 saturated heterocycles. The zero-order valence-electron chi connectivity index (χ0n) is 14.5. The predicted octanol–water partition coefficient (Wildman–Crippen LogP) is 2.60. The summed E-state index contributed by atoms with van der Waals surface area (Å²) in [5.41, 5.74) is 1.40. The van der Waals surface area contributed by atoms with Crippen LogP contribution < -0.4 is 9.80 Å². The minimum absolute atomic E-state index is 0.0183. The number of nitro benzene ring substituents is 1. The molecule has 0 atom stereocenters. The van der Waals surface area contributed by atoms with Crippen molar-refractivity contribution in [2.75, 3.05) is 23.9 Å². The van der Waals surface area contributed by atoms with Crippen molar-refractivity contribution >= 4 is 28.9 Å². The molecule has 2 aromatic rings. The number of halogens is 2. The summed E-state index contributed by atoms with van der Waals surface area (Å²) in [6.07, 6.45) is 0.341. The van der Waals surface area contributed by atoms with E-state index in [0.717, 1.165) is 11.6 Å². The molecule has 0 saturated carbocycles. The van der Waals surface area contributed by atoms with Crippen molar-refractivity contribution in [1.29, 1.82) is 0 Å². The molecule has 9 heteroatoms. The number of fused-ring (bicyclic) bond motifs is 2. The molecule has 2 amide bonds. The quantitative estimate of drug-likeness (QED) is 0.567. The lowest BCUT2D eigenvalue weighted by atomic mass is 10.1. The number of hydrogen-bond donors (Lipinski definition) is 0. The Morgan fingerprint density at radius 1 is 0.926 bits per heavy atom. The summed E-state index contributed by atoms with van der Waals surface area (Å²) >= 11 is 0. The van der Waals surface area contributed by atoms with Crippen molar-refractivity contribution in [3.8, 4) is 0 Å². The second kappa shape index (κ2) is 6.75. The number of non-ortho nitro benzene ring substituents is 1. The van der Waals surface area contributed by atoms with Crippen LogP contribution in [0.2, 0.25) is 0 Å². The van der Waals surface area contributed by atoms with Gasteiger partial charge in [-0.25, -0.2) is 8.78 Å². The van der Waals surface area contributed by atoms with Crippen molar-refractivity contribution in [1.82, 2.24) is 0 Å². The van der Waals surface area contributed by atoms with Crippen LogP contribution in [0, 0.1) is 21.7 Å². The molecule has 2 aromatic carbocycles. The van der Waals surface area contributed by atoms with Gasteiger partial charge in [0.2, 0.25) is 11.8 Å². The van der Waals surface area contributed by atoms with E-state index in [2.05, 4.69) is 0 Å². The van der Waals surface area contributed by atoms with E-state index in [1.165, 1.54) is 29.0 Å². The highest BCUT2D eigenvalue weighted by Gasteiger charge is 2.30. The van der Waals surface area contributed by atoms with Gasteiger partial charge >= 0.3 is 0 Å². The van der Waals surface area contributed by atoms with Gasteiger partial charge in [-0.05, 0) is 17.2 Å². The molecular formula is C18H15F2N3O4. The number of carbonyl (C=O) groups is 2. The van der Waals surface area contributed by atoms with E-state index in [1.807, 2.05) is 0 Å². The maximum Gasteiger partial charge on any atom is 0.272 e. The van der Waals surface area contributed by atoms with Gasteiger partial charge in [0.1, 0.15) is 5.82 Å². The fourth-order valence-corrected chi connectivity index (χ4v) is 3.15. The highest BCUT2D eigenvalue weighted by molar-refractivity contribution is 6.01. The van der Waals surface area contributed by atoms with Gasteiger partial charge in [-0.1, -0.05) is 12.1 Å². The Kier molecular flexibility index (Phi) is 4.61. The van der Waals surface area contributed by atoms with Gasteiger partial charge in [0.15, 0.2) is 5.82 Å². The Morgan fingerprint density at radius 3 is 2.04 bits per heavy atom. The molecule has 2 aliphatic heterocycles. The molecule has 0 N–H and O–H groups in total. The monoisotopic (exact) mass is 375 g/mol. The molecule has 140 valence electrons. The molecule has 0 aliphatic carbocycles. The summed E-state index contributed by atoms with van der Waals surface area (Å²) < 4.78 is 26.6. The van der Waals surface area contributed by atoms with Gasteiger partial charge < -0.3 is 9.80 Å². The third-order valence-corrected chi connectivity index (χ3v) is 4.51. The molecule has 0 fully saturated rings. The van der Waals surface area contributed by atoms with Crippen LogP contribution in [0.25, 0.3) is 0 Å². The molecule has 4 rings (SSSR count). The van der Waals surface area contributed by atoms with Gasteiger partial charge in [-0.2, -0.15) is 0 Å². The summed E-state index contributed by atoms with van der Waals surface area (Å²) in [6, 6.07) is 6.84. The average molecular weight is 375 g/mol. The molecule has 2 aliphatic rings. The van der Waals surface area contributed by atoms with Gasteiger partial charge in [0.05, 0.1) is 35.2 Å². The van der Waals surface area contributed by atoms with Crippen LogP contribution >= 0.6 is 0 Å².